The van der Waals surface area contributed by atoms with Crippen LogP contribution in [0.2, 0.25) is 0 Å². The van der Waals surface area contributed by atoms with Crippen molar-refractivity contribution in [3.63, 3.8) is 0 Å². The van der Waals surface area contributed by atoms with Gasteiger partial charge in [-0.2, -0.15) is 0 Å². The van der Waals surface area contributed by atoms with Crippen molar-refractivity contribution in [3.8, 4) is 28.2 Å². The molecule has 0 radical (unpaired) electrons. The molecule has 8 aromatic carbocycles. The van der Waals surface area contributed by atoms with Crippen molar-refractivity contribution < 1.29 is 0 Å². The maximum absolute atomic E-state index is 2.47. The SMILES string of the molecule is c1ccc(-n2c3ccccc3c3c4c5cccc(-c6ccc(-n7c8ccccc8c8ccccc87)cc6)c5n(-c5ccccc5)c4ccc32)cc1. The van der Waals surface area contributed by atoms with Crippen LogP contribution in [0.5, 0.6) is 0 Å². The summed E-state index contributed by atoms with van der Waals surface area (Å²) in [5.41, 5.74) is 13.1. The Kier molecular flexibility index (Phi) is 5.96. The van der Waals surface area contributed by atoms with Crippen LogP contribution in [0.4, 0.5) is 0 Å². The highest BCUT2D eigenvalue weighted by molar-refractivity contribution is 6.30. The zero-order valence-corrected chi connectivity index (χ0v) is 27.7. The predicted octanol–water partition coefficient (Wildman–Crippen LogP) is 12.6. The minimum absolute atomic E-state index is 1.15. The lowest BCUT2D eigenvalue weighted by molar-refractivity contribution is 1.17. The molecule has 0 saturated carbocycles. The number of aromatic nitrogens is 3. The average molecular weight is 650 g/mol. The van der Waals surface area contributed by atoms with Crippen LogP contribution in [0.1, 0.15) is 0 Å². The fourth-order valence-electron chi connectivity index (χ4n) is 8.54. The van der Waals surface area contributed by atoms with E-state index < -0.39 is 0 Å². The summed E-state index contributed by atoms with van der Waals surface area (Å²) in [6.45, 7) is 0. The lowest BCUT2D eigenvalue weighted by atomic mass is 10.00. The van der Waals surface area contributed by atoms with Crippen LogP contribution >= 0.6 is 0 Å². The molecule has 0 saturated heterocycles. The minimum atomic E-state index is 1.15. The summed E-state index contributed by atoms with van der Waals surface area (Å²) in [6, 6.07) is 68.3. The largest absolute Gasteiger partial charge is 0.309 e. The first-order valence-electron chi connectivity index (χ1n) is 17.5. The monoisotopic (exact) mass is 649 g/mol. The fraction of sp³-hybridized carbons (Fsp3) is 0. The molecule has 238 valence electrons. The third kappa shape index (κ3) is 4.00. The lowest BCUT2D eigenvalue weighted by Crippen LogP contribution is -1.96. The molecule has 11 rings (SSSR count). The molecule has 0 bridgehead atoms. The lowest BCUT2D eigenvalue weighted by Gasteiger charge is -2.13. The highest BCUT2D eigenvalue weighted by Crippen LogP contribution is 2.45. The van der Waals surface area contributed by atoms with E-state index in [1.54, 1.807) is 0 Å². The van der Waals surface area contributed by atoms with Gasteiger partial charge in [0.05, 0.1) is 33.1 Å². The zero-order chi connectivity index (χ0) is 33.5. The van der Waals surface area contributed by atoms with Gasteiger partial charge in [0, 0.05) is 54.9 Å². The topological polar surface area (TPSA) is 14.8 Å². The Labute approximate surface area is 294 Å². The summed E-state index contributed by atoms with van der Waals surface area (Å²) in [4.78, 5) is 0. The number of fused-ring (bicyclic) bond motifs is 10. The first-order chi connectivity index (χ1) is 25.3. The summed E-state index contributed by atoms with van der Waals surface area (Å²) in [6.07, 6.45) is 0. The minimum Gasteiger partial charge on any atom is -0.309 e. The maximum atomic E-state index is 2.47. The molecule has 0 spiro atoms. The van der Waals surface area contributed by atoms with Crippen LogP contribution in [0, 0.1) is 0 Å². The predicted molar refractivity (Wildman–Crippen MR) is 215 cm³/mol. The quantitative estimate of drug-likeness (QED) is 0.180. The Morgan fingerprint density at radius 3 is 1.31 bits per heavy atom. The second-order valence-electron chi connectivity index (χ2n) is 13.3. The molecule has 3 heteroatoms. The molecule has 0 aliphatic rings. The number of rotatable bonds is 4. The Balaban J connectivity index is 1.20. The highest BCUT2D eigenvalue weighted by atomic mass is 15.0. The van der Waals surface area contributed by atoms with Gasteiger partial charge in [-0.3, -0.25) is 0 Å². The Morgan fingerprint density at radius 2 is 0.686 bits per heavy atom. The van der Waals surface area contributed by atoms with Gasteiger partial charge in [0.2, 0.25) is 0 Å². The van der Waals surface area contributed by atoms with E-state index in [1.807, 2.05) is 0 Å². The smallest absolute Gasteiger partial charge is 0.0619 e. The first-order valence-corrected chi connectivity index (χ1v) is 17.5. The third-order valence-corrected chi connectivity index (χ3v) is 10.6. The molecule has 11 aromatic rings. The van der Waals surface area contributed by atoms with Gasteiger partial charge in [0.25, 0.3) is 0 Å². The van der Waals surface area contributed by atoms with Gasteiger partial charge in [-0.25, -0.2) is 0 Å². The second-order valence-corrected chi connectivity index (χ2v) is 13.3. The summed E-state index contributed by atoms with van der Waals surface area (Å²) >= 11 is 0. The van der Waals surface area contributed by atoms with Crippen molar-refractivity contribution in [2.24, 2.45) is 0 Å². The maximum Gasteiger partial charge on any atom is 0.0619 e. The highest BCUT2D eigenvalue weighted by Gasteiger charge is 2.22. The number of hydrogen-bond acceptors (Lipinski definition) is 0. The van der Waals surface area contributed by atoms with Gasteiger partial charge >= 0.3 is 0 Å². The number of nitrogens with zero attached hydrogens (tertiary/aromatic N) is 3. The van der Waals surface area contributed by atoms with Crippen molar-refractivity contribution >= 4 is 65.4 Å². The van der Waals surface area contributed by atoms with E-state index in [0.29, 0.717) is 0 Å². The van der Waals surface area contributed by atoms with E-state index in [1.165, 1.54) is 82.2 Å². The van der Waals surface area contributed by atoms with Gasteiger partial charge in [-0.05, 0) is 72.3 Å². The molecule has 3 aromatic heterocycles. The van der Waals surface area contributed by atoms with Gasteiger partial charge < -0.3 is 13.7 Å². The van der Waals surface area contributed by atoms with E-state index in [0.717, 1.165) is 11.4 Å². The van der Waals surface area contributed by atoms with Crippen LogP contribution in [-0.4, -0.2) is 13.7 Å². The summed E-state index contributed by atoms with van der Waals surface area (Å²) in [7, 11) is 0. The average Bonchev–Trinajstić information content (AvgIpc) is 3.84. The first kappa shape index (κ1) is 28.0. The van der Waals surface area contributed by atoms with Crippen LogP contribution in [0.15, 0.2) is 188 Å². The van der Waals surface area contributed by atoms with Gasteiger partial charge in [-0.1, -0.05) is 121 Å². The van der Waals surface area contributed by atoms with E-state index in [-0.39, 0.29) is 0 Å². The molecule has 0 fully saturated rings. The molecule has 0 aliphatic carbocycles. The number of benzene rings is 8. The van der Waals surface area contributed by atoms with E-state index in [2.05, 4.69) is 202 Å². The molecule has 51 heavy (non-hydrogen) atoms. The summed E-state index contributed by atoms with van der Waals surface area (Å²) < 4.78 is 7.26. The van der Waals surface area contributed by atoms with Crippen LogP contribution in [0.3, 0.4) is 0 Å². The van der Waals surface area contributed by atoms with Gasteiger partial charge in [0.15, 0.2) is 0 Å². The van der Waals surface area contributed by atoms with Gasteiger partial charge in [-0.15, -0.1) is 0 Å². The molecule has 0 aliphatic heterocycles. The Bertz CT molecular complexity index is 3050. The van der Waals surface area contributed by atoms with Crippen molar-refractivity contribution in [2.45, 2.75) is 0 Å². The fourth-order valence-corrected chi connectivity index (χ4v) is 8.54. The van der Waals surface area contributed by atoms with Crippen LogP contribution in [-0.2, 0) is 0 Å². The van der Waals surface area contributed by atoms with Crippen LogP contribution < -0.4 is 0 Å². The molecule has 0 amide bonds. The zero-order valence-electron chi connectivity index (χ0n) is 27.7. The van der Waals surface area contributed by atoms with Crippen molar-refractivity contribution in [1.29, 1.82) is 0 Å². The molecule has 0 unspecified atom stereocenters. The molecular formula is C48H31N3. The Morgan fingerprint density at radius 1 is 0.255 bits per heavy atom. The normalized spacial score (nSPS) is 11.9. The van der Waals surface area contributed by atoms with Crippen molar-refractivity contribution in [2.75, 3.05) is 0 Å². The summed E-state index contributed by atoms with van der Waals surface area (Å²) in [5.74, 6) is 0. The number of para-hydroxylation sites is 6. The molecule has 3 nitrogen and oxygen atoms in total. The molecule has 0 N–H and O–H groups in total. The molecule has 0 atom stereocenters. The standard InChI is InChI=1S/C48H31N3/c1-3-14-33(15-4-1)50-43-25-12-9-20-39(43)46-44(50)30-31-45-47(46)40-22-13-21-36(48(40)51(45)34-16-5-2-6-17-34)32-26-28-35(29-27-32)49-41-23-10-7-18-37(41)38-19-8-11-24-42(38)49/h1-31H. The molecular weight excluding hydrogens is 619 g/mol. The summed E-state index contributed by atoms with van der Waals surface area (Å²) in [5, 5.41) is 7.62. The van der Waals surface area contributed by atoms with E-state index >= 15 is 0 Å². The molecule has 3 heterocycles. The van der Waals surface area contributed by atoms with E-state index in [4.69, 9.17) is 0 Å². The third-order valence-electron chi connectivity index (χ3n) is 10.6. The van der Waals surface area contributed by atoms with Crippen molar-refractivity contribution in [1.82, 2.24) is 13.7 Å². The van der Waals surface area contributed by atoms with Crippen LogP contribution in [0.25, 0.3) is 93.6 Å². The van der Waals surface area contributed by atoms with Crippen molar-refractivity contribution in [3.05, 3.63) is 188 Å². The number of hydrogen-bond donors (Lipinski definition) is 0. The second kappa shape index (κ2) is 10.8. The van der Waals surface area contributed by atoms with Gasteiger partial charge in [0.1, 0.15) is 0 Å². The Hall–Kier alpha value is -6.84. The van der Waals surface area contributed by atoms with E-state index in [9.17, 15) is 0 Å².